The van der Waals surface area contributed by atoms with Gasteiger partial charge in [0, 0.05) is 30.3 Å². The smallest absolute Gasteiger partial charge is 0.274 e. The van der Waals surface area contributed by atoms with E-state index in [0.717, 1.165) is 24.9 Å². The molecule has 0 bridgehead atoms. The van der Waals surface area contributed by atoms with Crippen LogP contribution >= 0.6 is 0 Å². The summed E-state index contributed by atoms with van der Waals surface area (Å²) in [6.45, 7) is 1.96. The zero-order valence-corrected chi connectivity index (χ0v) is 20.3. The van der Waals surface area contributed by atoms with Crippen LogP contribution in [0.1, 0.15) is 39.3 Å². The molecular weight excluding hydrogens is 460 g/mol. The first-order valence-corrected chi connectivity index (χ1v) is 11.7. The average Bonchev–Trinajstić information content (AvgIpc) is 2.92. The molecule has 0 radical (unpaired) electrons. The molecule has 10 heteroatoms. The van der Waals surface area contributed by atoms with Crippen LogP contribution in [0.4, 0.5) is 5.82 Å². The summed E-state index contributed by atoms with van der Waals surface area (Å²) in [6, 6.07) is 12.5. The topological polar surface area (TPSA) is 140 Å². The molecule has 0 saturated carbocycles. The van der Waals surface area contributed by atoms with Gasteiger partial charge >= 0.3 is 0 Å². The number of ether oxygens (including phenoxy) is 2. The highest BCUT2D eigenvalue weighted by atomic mass is 16.5. The second-order valence-electron chi connectivity index (χ2n) is 8.46. The lowest BCUT2D eigenvalue weighted by Gasteiger charge is -2.23. The van der Waals surface area contributed by atoms with Crippen molar-refractivity contribution >= 4 is 17.6 Å². The molecule has 36 heavy (non-hydrogen) atoms. The fourth-order valence-corrected chi connectivity index (χ4v) is 4.03. The highest BCUT2D eigenvalue weighted by molar-refractivity contribution is 5.97. The molecule has 0 unspecified atom stereocenters. The van der Waals surface area contributed by atoms with Gasteiger partial charge < -0.3 is 31.2 Å². The van der Waals surface area contributed by atoms with Crippen molar-refractivity contribution in [3.63, 3.8) is 0 Å². The predicted octanol–water partition coefficient (Wildman–Crippen LogP) is 2.15. The molecule has 1 saturated heterocycles. The van der Waals surface area contributed by atoms with Gasteiger partial charge in [0.1, 0.15) is 0 Å². The van der Waals surface area contributed by atoms with E-state index < -0.39 is 0 Å². The van der Waals surface area contributed by atoms with Gasteiger partial charge in [0.15, 0.2) is 23.0 Å². The molecule has 4 rings (SSSR count). The summed E-state index contributed by atoms with van der Waals surface area (Å²) in [5.74, 6) is 0.655. The Balaban J connectivity index is 1.47. The lowest BCUT2D eigenvalue weighted by molar-refractivity contribution is 0.0923. The Morgan fingerprint density at radius 1 is 1.11 bits per heavy atom. The van der Waals surface area contributed by atoms with Crippen LogP contribution in [-0.2, 0) is 6.54 Å². The van der Waals surface area contributed by atoms with Gasteiger partial charge in [0.25, 0.3) is 11.8 Å². The minimum atomic E-state index is -0.362. The third-order valence-electron chi connectivity index (χ3n) is 5.97. The van der Waals surface area contributed by atoms with Crippen LogP contribution in [0.5, 0.6) is 11.5 Å². The van der Waals surface area contributed by atoms with Gasteiger partial charge in [-0.25, -0.2) is 9.97 Å². The number of nitrogens with two attached hydrogens (primary N) is 1. The first kappa shape index (κ1) is 24.9. The van der Waals surface area contributed by atoms with Crippen molar-refractivity contribution in [2.24, 2.45) is 0 Å². The monoisotopic (exact) mass is 490 g/mol. The summed E-state index contributed by atoms with van der Waals surface area (Å²) in [5, 5.41) is 9.13. The number of carbonyl (C=O) groups excluding carboxylic acids is 2. The molecule has 10 nitrogen and oxygen atoms in total. The normalized spacial score (nSPS) is 15.1. The molecule has 2 heterocycles. The number of amides is 2. The molecule has 1 aliphatic rings. The van der Waals surface area contributed by atoms with Crippen molar-refractivity contribution in [1.29, 1.82) is 0 Å². The van der Waals surface area contributed by atoms with E-state index in [1.165, 1.54) is 6.20 Å². The maximum Gasteiger partial charge on any atom is 0.274 e. The summed E-state index contributed by atoms with van der Waals surface area (Å²) >= 11 is 0. The average molecular weight is 491 g/mol. The van der Waals surface area contributed by atoms with E-state index in [1.807, 2.05) is 12.1 Å². The van der Waals surface area contributed by atoms with E-state index in [2.05, 4.69) is 25.9 Å². The number of methoxy groups -OCH3 is 2. The van der Waals surface area contributed by atoms with Crippen LogP contribution in [0.3, 0.4) is 0 Å². The molecular formula is C26H30N6O4. The second kappa shape index (κ2) is 11.5. The summed E-state index contributed by atoms with van der Waals surface area (Å²) in [4.78, 5) is 34.3. The SMILES string of the molecule is COc1ccc(CNC(=O)c2cccc(-c3cnc(N)c(C(=O)N[C@H]4CCCNC4)n3)c2)cc1OC. The predicted molar refractivity (Wildman–Crippen MR) is 136 cm³/mol. The van der Waals surface area contributed by atoms with Crippen molar-refractivity contribution in [3.05, 3.63) is 65.5 Å². The molecule has 0 spiro atoms. The number of aromatic nitrogens is 2. The molecule has 1 aliphatic heterocycles. The van der Waals surface area contributed by atoms with Gasteiger partial charge in [-0.1, -0.05) is 18.2 Å². The van der Waals surface area contributed by atoms with Crippen molar-refractivity contribution in [1.82, 2.24) is 25.9 Å². The van der Waals surface area contributed by atoms with Crippen LogP contribution in [0.15, 0.2) is 48.7 Å². The Kier molecular flexibility index (Phi) is 7.96. The molecule has 0 aliphatic carbocycles. The number of rotatable bonds is 8. The van der Waals surface area contributed by atoms with Crippen molar-refractivity contribution in [2.45, 2.75) is 25.4 Å². The molecule has 2 amide bonds. The van der Waals surface area contributed by atoms with Crippen LogP contribution in [0.25, 0.3) is 11.3 Å². The van der Waals surface area contributed by atoms with E-state index in [0.29, 0.717) is 41.4 Å². The number of hydrogen-bond donors (Lipinski definition) is 4. The minimum Gasteiger partial charge on any atom is -0.493 e. The zero-order valence-electron chi connectivity index (χ0n) is 20.3. The fourth-order valence-electron chi connectivity index (χ4n) is 4.03. The van der Waals surface area contributed by atoms with Gasteiger partial charge in [-0.2, -0.15) is 0 Å². The molecule has 3 aromatic rings. The zero-order chi connectivity index (χ0) is 25.5. The molecule has 1 atom stereocenters. The summed E-state index contributed by atoms with van der Waals surface area (Å²) < 4.78 is 10.6. The van der Waals surface area contributed by atoms with Gasteiger partial charge in [-0.15, -0.1) is 0 Å². The minimum absolute atomic E-state index is 0.0220. The van der Waals surface area contributed by atoms with E-state index in [4.69, 9.17) is 15.2 Å². The summed E-state index contributed by atoms with van der Waals surface area (Å²) in [5.41, 5.74) is 8.44. The van der Waals surface area contributed by atoms with Gasteiger partial charge in [-0.05, 0) is 49.2 Å². The van der Waals surface area contributed by atoms with Crippen molar-refractivity contribution < 1.29 is 19.1 Å². The van der Waals surface area contributed by atoms with Crippen molar-refractivity contribution in [2.75, 3.05) is 33.0 Å². The summed E-state index contributed by atoms with van der Waals surface area (Å²) in [7, 11) is 3.13. The molecule has 2 aromatic carbocycles. The number of nitrogens with one attached hydrogen (secondary N) is 3. The van der Waals surface area contributed by atoms with Crippen molar-refractivity contribution in [3.8, 4) is 22.8 Å². The quantitative estimate of drug-likeness (QED) is 0.377. The Bertz CT molecular complexity index is 1240. The Hall–Kier alpha value is -4.18. The molecule has 188 valence electrons. The third-order valence-corrected chi connectivity index (χ3v) is 5.97. The number of nitrogen functional groups attached to an aromatic ring is 1. The Morgan fingerprint density at radius 3 is 2.69 bits per heavy atom. The number of hydrogen-bond acceptors (Lipinski definition) is 8. The van der Waals surface area contributed by atoms with E-state index >= 15 is 0 Å². The van der Waals surface area contributed by atoms with Crippen LogP contribution in [0, 0.1) is 0 Å². The Morgan fingerprint density at radius 2 is 1.94 bits per heavy atom. The second-order valence-corrected chi connectivity index (χ2v) is 8.46. The molecule has 1 aromatic heterocycles. The number of benzene rings is 2. The Labute approximate surface area is 209 Å². The van der Waals surface area contributed by atoms with Gasteiger partial charge in [0.05, 0.1) is 26.1 Å². The third kappa shape index (κ3) is 5.89. The lowest BCUT2D eigenvalue weighted by atomic mass is 10.1. The van der Waals surface area contributed by atoms with Gasteiger partial charge in [-0.3, -0.25) is 9.59 Å². The van der Waals surface area contributed by atoms with E-state index in [9.17, 15) is 9.59 Å². The highest BCUT2D eigenvalue weighted by Crippen LogP contribution is 2.27. The number of nitrogens with zero attached hydrogens (tertiary/aromatic N) is 2. The number of piperidine rings is 1. The van der Waals surface area contributed by atoms with E-state index in [-0.39, 0.29) is 29.4 Å². The number of carbonyl (C=O) groups is 2. The summed E-state index contributed by atoms with van der Waals surface area (Å²) in [6.07, 6.45) is 3.38. The van der Waals surface area contributed by atoms with Crippen LogP contribution in [0.2, 0.25) is 0 Å². The molecule has 5 N–H and O–H groups in total. The largest absolute Gasteiger partial charge is 0.493 e. The van der Waals surface area contributed by atoms with E-state index in [1.54, 1.807) is 44.6 Å². The lowest BCUT2D eigenvalue weighted by Crippen LogP contribution is -2.46. The standard InChI is InChI=1S/C26H30N6O4/c1-35-21-9-8-16(11-22(21)36-2)13-30-25(33)18-6-3-5-17(12-18)20-15-29-24(27)23(32-20)26(34)31-19-7-4-10-28-14-19/h3,5-6,8-9,11-12,15,19,28H,4,7,10,13-14H2,1-2H3,(H2,27,29)(H,30,33)(H,31,34)/t19-/m0/s1. The first-order valence-electron chi connectivity index (χ1n) is 11.7. The fraction of sp³-hybridized carbons (Fsp3) is 0.308. The maximum absolute atomic E-state index is 12.8. The number of anilines is 1. The molecule has 1 fully saturated rings. The van der Waals surface area contributed by atoms with Crippen LogP contribution in [-0.4, -0.2) is 55.1 Å². The first-order chi connectivity index (χ1) is 17.5. The maximum atomic E-state index is 12.8. The highest BCUT2D eigenvalue weighted by Gasteiger charge is 2.20. The van der Waals surface area contributed by atoms with Crippen LogP contribution < -0.4 is 31.2 Å². The van der Waals surface area contributed by atoms with Gasteiger partial charge in [0.2, 0.25) is 0 Å².